The number of nitrogens with two attached hydrogens (primary N) is 1. The van der Waals surface area contributed by atoms with E-state index in [1.807, 2.05) is 13.8 Å². The van der Waals surface area contributed by atoms with E-state index in [2.05, 4.69) is 5.32 Å². The van der Waals surface area contributed by atoms with Crippen LogP contribution in [0, 0.1) is 11.8 Å². The van der Waals surface area contributed by atoms with Crippen LogP contribution < -0.4 is 20.5 Å². The number of carbonyl (C=O) groups is 1. The van der Waals surface area contributed by atoms with Crippen LogP contribution in [0.5, 0.6) is 11.5 Å². The van der Waals surface area contributed by atoms with E-state index in [0.29, 0.717) is 22.2 Å². The highest BCUT2D eigenvalue weighted by molar-refractivity contribution is 6.34. The molecule has 3 N–H and O–H groups in total. The Morgan fingerprint density at radius 3 is 2.30 bits per heavy atom. The van der Waals surface area contributed by atoms with Gasteiger partial charge >= 0.3 is 0 Å². The van der Waals surface area contributed by atoms with E-state index in [4.69, 9.17) is 26.8 Å². The van der Waals surface area contributed by atoms with E-state index in [-0.39, 0.29) is 24.3 Å². The number of carbonyl (C=O) groups excluding carboxylic acids is 1. The Labute approximate surface area is 124 Å². The van der Waals surface area contributed by atoms with Gasteiger partial charge in [0.2, 0.25) is 5.91 Å². The van der Waals surface area contributed by atoms with Crippen molar-refractivity contribution in [1.29, 1.82) is 0 Å². The molecular weight excluding hydrogens is 280 g/mol. The summed E-state index contributed by atoms with van der Waals surface area (Å²) in [6, 6.07) is 3.23. The number of amides is 1. The maximum absolute atomic E-state index is 12.2. The number of halogens is 1. The summed E-state index contributed by atoms with van der Waals surface area (Å²) in [5.41, 5.74) is 6.11. The molecule has 20 heavy (non-hydrogen) atoms. The lowest BCUT2D eigenvalue weighted by molar-refractivity contribution is -0.120. The molecule has 0 heterocycles. The van der Waals surface area contributed by atoms with Crippen LogP contribution >= 0.6 is 11.6 Å². The minimum atomic E-state index is -0.265. The van der Waals surface area contributed by atoms with E-state index >= 15 is 0 Å². The van der Waals surface area contributed by atoms with Crippen molar-refractivity contribution in [3.05, 3.63) is 17.2 Å². The van der Waals surface area contributed by atoms with Gasteiger partial charge in [0.15, 0.2) is 11.5 Å². The van der Waals surface area contributed by atoms with E-state index < -0.39 is 0 Å². The first-order chi connectivity index (χ1) is 9.44. The predicted octanol–water partition coefficient (Wildman–Crippen LogP) is 2.53. The summed E-state index contributed by atoms with van der Waals surface area (Å²) < 4.78 is 10.3. The minimum Gasteiger partial charge on any atom is -0.493 e. The van der Waals surface area contributed by atoms with Crippen molar-refractivity contribution in [2.24, 2.45) is 17.6 Å². The minimum absolute atomic E-state index is 0.152. The lowest BCUT2D eigenvalue weighted by Crippen LogP contribution is -2.33. The smallest absolute Gasteiger partial charge is 0.229 e. The third-order valence-electron chi connectivity index (χ3n) is 3.13. The van der Waals surface area contributed by atoms with E-state index in [9.17, 15) is 4.79 Å². The third-order valence-corrected chi connectivity index (χ3v) is 3.44. The standard InChI is InChI=1S/C14H21ClN2O3/c1-8(2)9(7-16)14(18)17-11-6-13(20-4)12(19-3)5-10(11)15/h5-6,8-9H,7,16H2,1-4H3,(H,17,18). The topological polar surface area (TPSA) is 73.6 Å². The van der Waals surface area contributed by atoms with Crippen molar-refractivity contribution in [3.63, 3.8) is 0 Å². The zero-order chi connectivity index (χ0) is 15.3. The number of methoxy groups -OCH3 is 2. The molecular formula is C14H21ClN2O3. The van der Waals surface area contributed by atoms with Crippen molar-refractivity contribution < 1.29 is 14.3 Å². The molecule has 6 heteroatoms. The quantitative estimate of drug-likeness (QED) is 0.846. The van der Waals surface area contributed by atoms with Gasteiger partial charge in [0.05, 0.1) is 30.8 Å². The third kappa shape index (κ3) is 3.77. The SMILES string of the molecule is COc1cc(Cl)c(NC(=O)C(CN)C(C)C)cc1OC. The van der Waals surface area contributed by atoms with Crippen molar-refractivity contribution in [3.8, 4) is 11.5 Å². The van der Waals surface area contributed by atoms with Gasteiger partial charge in [-0.1, -0.05) is 25.4 Å². The molecule has 0 fully saturated rings. The van der Waals surface area contributed by atoms with E-state index in [0.717, 1.165) is 0 Å². The number of hydrogen-bond acceptors (Lipinski definition) is 4. The molecule has 0 saturated carbocycles. The summed E-state index contributed by atoms with van der Waals surface area (Å²) in [5, 5.41) is 3.17. The Morgan fingerprint density at radius 2 is 1.85 bits per heavy atom. The van der Waals surface area contributed by atoms with Gasteiger partial charge in [-0.15, -0.1) is 0 Å². The fourth-order valence-electron chi connectivity index (χ4n) is 1.86. The average molecular weight is 301 g/mol. The van der Waals surface area contributed by atoms with Gasteiger partial charge in [-0.3, -0.25) is 4.79 Å². The number of rotatable bonds is 6. The number of anilines is 1. The van der Waals surface area contributed by atoms with Crippen LogP contribution in [0.1, 0.15) is 13.8 Å². The molecule has 1 rings (SSSR count). The van der Waals surface area contributed by atoms with E-state index in [1.54, 1.807) is 12.1 Å². The molecule has 0 aliphatic heterocycles. The molecule has 0 aliphatic carbocycles. The molecule has 0 saturated heterocycles. The van der Waals surface area contributed by atoms with Crippen LogP contribution in [0.25, 0.3) is 0 Å². The molecule has 1 atom stereocenters. The maximum atomic E-state index is 12.2. The largest absolute Gasteiger partial charge is 0.493 e. The summed E-state index contributed by atoms with van der Waals surface area (Å²) in [4.78, 5) is 12.2. The Hall–Kier alpha value is -1.46. The van der Waals surface area contributed by atoms with Crippen molar-refractivity contribution in [2.45, 2.75) is 13.8 Å². The first-order valence-electron chi connectivity index (χ1n) is 6.37. The Bertz CT molecular complexity index is 478. The Kier molecular flexibility index (Phi) is 6.10. The summed E-state index contributed by atoms with van der Waals surface area (Å²) in [5.74, 6) is 0.741. The fourth-order valence-corrected chi connectivity index (χ4v) is 2.06. The first kappa shape index (κ1) is 16.6. The maximum Gasteiger partial charge on any atom is 0.229 e. The monoisotopic (exact) mass is 300 g/mol. The van der Waals surface area contributed by atoms with Crippen molar-refractivity contribution >= 4 is 23.2 Å². The lowest BCUT2D eigenvalue weighted by atomic mass is 9.95. The zero-order valence-corrected chi connectivity index (χ0v) is 13.0. The number of ether oxygens (including phenoxy) is 2. The number of benzene rings is 1. The van der Waals surface area contributed by atoms with Crippen LogP contribution in [0.4, 0.5) is 5.69 Å². The molecule has 5 nitrogen and oxygen atoms in total. The second-order valence-corrected chi connectivity index (χ2v) is 5.17. The summed E-state index contributed by atoms with van der Waals surface area (Å²) in [6.45, 7) is 4.19. The van der Waals surface area contributed by atoms with Crippen molar-refractivity contribution in [1.82, 2.24) is 0 Å². The molecule has 1 aromatic carbocycles. The fraction of sp³-hybridized carbons (Fsp3) is 0.500. The molecule has 0 radical (unpaired) electrons. The Balaban J connectivity index is 3.00. The summed E-state index contributed by atoms with van der Waals surface area (Å²) in [7, 11) is 3.05. The van der Waals surface area contributed by atoms with Gasteiger partial charge in [0, 0.05) is 18.7 Å². The predicted molar refractivity (Wildman–Crippen MR) is 80.6 cm³/mol. The first-order valence-corrected chi connectivity index (χ1v) is 6.74. The van der Waals surface area contributed by atoms with Crippen LogP contribution in [-0.2, 0) is 4.79 Å². The van der Waals surface area contributed by atoms with Gasteiger partial charge in [-0.25, -0.2) is 0 Å². The molecule has 0 bridgehead atoms. The molecule has 0 spiro atoms. The van der Waals surface area contributed by atoms with Crippen LogP contribution in [-0.4, -0.2) is 26.7 Å². The van der Waals surface area contributed by atoms with Crippen LogP contribution in [0.3, 0.4) is 0 Å². The number of nitrogens with one attached hydrogen (secondary N) is 1. The highest BCUT2D eigenvalue weighted by Crippen LogP contribution is 2.36. The highest BCUT2D eigenvalue weighted by Gasteiger charge is 2.22. The normalized spacial score (nSPS) is 12.2. The zero-order valence-electron chi connectivity index (χ0n) is 12.2. The highest BCUT2D eigenvalue weighted by atomic mass is 35.5. The summed E-state index contributed by atoms with van der Waals surface area (Å²) >= 11 is 6.13. The van der Waals surface area contributed by atoms with Gasteiger partial charge in [-0.05, 0) is 5.92 Å². The second kappa shape index (κ2) is 7.36. The average Bonchev–Trinajstić information content (AvgIpc) is 2.40. The summed E-state index contributed by atoms with van der Waals surface area (Å²) in [6.07, 6.45) is 0. The Morgan fingerprint density at radius 1 is 1.30 bits per heavy atom. The van der Waals surface area contributed by atoms with E-state index in [1.165, 1.54) is 14.2 Å². The van der Waals surface area contributed by atoms with Crippen LogP contribution in [0.15, 0.2) is 12.1 Å². The lowest BCUT2D eigenvalue weighted by Gasteiger charge is -2.19. The van der Waals surface area contributed by atoms with Gasteiger partial charge in [0.25, 0.3) is 0 Å². The molecule has 112 valence electrons. The molecule has 0 aliphatic rings. The van der Waals surface area contributed by atoms with Gasteiger partial charge in [-0.2, -0.15) is 0 Å². The molecule has 1 unspecified atom stereocenters. The molecule has 0 aromatic heterocycles. The number of hydrogen-bond donors (Lipinski definition) is 2. The van der Waals surface area contributed by atoms with Gasteiger partial charge in [0.1, 0.15) is 0 Å². The second-order valence-electron chi connectivity index (χ2n) is 4.76. The molecule has 1 aromatic rings. The van der Waals surface area contributed by atoms with Crippen molar-refractivity contribution in [2.75, 3.05) is 26.1 Å². The van der Waals surface area contributed by atoms with Gasteiger partial charge < -0.3 is 20.5 Å². The van der Waals surface area contributed by atoms with Crippen LogP contribution in [0.2, 0.25) is 5.02 Å². The molecule has 1 amide bonds.